The summed E-state index contributed by atoms with van der Waals surface area (Å²) in [6, 6.07) is 13.2. The Bertz CT molecular complexity index is 1020. The normalized spacial score (nSPS) is 10.6. The minimum Gasteiger partial charge on any atom is -0.481 e. The monoisotopic (exact) mass is 429 g/mol. The average molecular weight is 430 g/mol. The molecule has 1 amide bonds. The van der Waals surface area contributed by atoms with Gasteiger partial charge in [0.05, 0.1) is 16.9 Å². The van der Waals surface area contributed by atoms with Crippen molar-refractivity contribution in [2.24, 2.45) is 0 Å². The lowest BCUT2D eigenvalue weighted by Crippen LogP contribution is -2.11. The molecular weight excluding hydrogens is 410 g/mol. The van der Waals surface area contributed by atoms with E-state index >= 15 is 0 Å². The number of anilines is 3. The third kappa shape index (κ3) is 5.79. The van der Waals surface area contributed by atoms with Gasteiger partial charge in [-0.15, -0.1) is 0 Å². The number of amides is 1. The molecule has 3 N–H and O–H groups in total. The third-order valence-corrected chi connectivity index (χ3v) is 5.45. The number of carbonyl (C=O) groups is 2. The zero-order valence-corrected chi connectivity index (χ0v) is 17.3. The van der Waals surface area contributed by atoms with Crippen molar-refractivity contribution in [2.75, 3.05) is 10.6 Å². The number of rotatable bonds is 8. The first-order valence-electron chi connectivity index (χ1n) is 9.02. The van der Waals surface area contributed by atoms with Crippen LogP contribution in [-0.4, -0.2) is 22.0 Å². The second kappa shape index (κ2) is 9.54. The van der Waals surface area contributed by atoms with Crippen molar-refractivity contribution in [3.8, 4) is 0 Å². The molecule has 3 rings (SSSR count). The molecule has 0 aliphatic heterocycles. The van der Waals surface area contributed by atoms with Gasteiger partial charge in [0.25, 0.3) is 5.91 Å². The maximum Gasteiger partial charge on any atom is 0.303 e. The molecule has 8 heteroatoms. The van der Waals surface area contributed by atoms with E-state index in [-0.39, 0.29) is 12.3 Å². The summed E-state index contributed by atoms with van der Waals surface area (Å²) in [7, 11) is 0. The van der Waals surface area contributed by atoms with Gasteiger partial charge in [0, 0.05) is 12.1 Å². The van der Waals surface area contributed by atoms with E-state index < -0.39 is 5.97 Å². The second-order valence-electron chi connectivity index (χ2n) is 6.49. The smallest absolute Gasteiger partial charge is 0.303 e. The first-order chi connectivity index (χ1) is 13.9. The van der Waals surface area contributed by atoms with Crippen molar-refractivity contribution in [2.45, 2.75) is 26.2 Å². The highest BCUT2D eigenvalue weighted by Crippen LogP contribution is 2.28. The van der Waals surface area contributed by atoms with E-state index in [1.807, 2.05) is 43.3 Å². The van der Waals surface area contributed by atoms with Crippen molar-refractivity contribution < 1.29 is 14.7 Å². The fraction of sp³-hybridized carbons (Fsp3) is 0.190. The molecule has 3 aromatic rings. The fourth-order valence-corrected chi connectivity index (χ4v) is 3.77. The number of thiazole rings is 1. The molecule has 0 atom stereocenters. The van der Waals surface area contributed by atoms with E-state index in [9.17, 15) is 9.59 Å². The minimum atomic E-state index is -0.792. The lowest BCUT2D eigenvalue weighted by Gasteiger charge is -2.09. The summed E-state index contributed by atoms with van der Waals surface area (Å²) >= 11 is 7.41. The Morgan fingerprint density at radius 1 is 1.21 bits per heavy atom. The van der Waals surface area contributed by atoms with E-state index in [0.29, 0.717) is 33.6 Å². The first-order valence-corrected chi connectivity index (χ1v) is 10.2. The van der Waals surface area contributed by atoms with Gasteiger partial charge >= 0.3 is 5.97 Å². The molecular formula is C21H20ClN3O3S. The van der Waals surface area contributed by atoms with Crippen LogP contribution >= 0.6 is 22.9 Å². The van der Waals surface area contributed by atoms with Gasteiger partial charge in [-0.2, -0.15) is 0 Å². The van der Waals surface area contributed by atoms with Crippen molar-refractivity contribution in [3.63, 3.8) is 0 Å². The number of hydrogen-bond donors (Lipinski definition) is 3. The summed E-state index contributed by atoms with van der Waals surface area (Å²) < 4.78 is 0. The van der Waals surface area contributed by atoms with Crippen molar-refractivity contribution in [3.05, 3.63) is 69.7 Å². The number of aromatic nitrogens is 1. The van der Waals surface area contributed by atoms with E-state index in [0.717, 1.165) is 16.8 Å². The molecule has 0 aliphatic rings. The van der Waals surface area contributed by atoms with Crippen molar-refractivity contribution >= 4 is 51.3 Å². The summed E-state index contributed by atoms with van der Waals surface area (Å²) in [4.78, 5) is 27.9. The molecule has 0 aliphatic carbocycles. The lowest BCUT2D eigenvalue weighted by molar-refractivity contribution is -0.137. The number of halogens is 1. The molecule has 1 aromatic heterocycles. The summed E-state index contributed by atoms with van der Waals surface area (Å²) in [6.07, 6.45) is 2.94. The molecule has 0 bridgehead atoms. The van der Waals surface area contributed by atoms with Gasteiger partial charge in [-0.3, -0.25) is 9.59 Å². The number of carboxylic acid groups (broad SMARTS) is 1. The van der Waals surface area contributed by atoms with Crippen molar-refractivity contribution in [1.82, 2.24) is 4.98 Å². The van der Waals surface area contributed by atoms with Crippen molar-refractivity contribution in [1.29, 1.82) is 0 Å². The highest BCUT2D eigenvalue weighted by atomic mass is 35.5. The van der Waals surface area contributed by atoms with Gasteiger partial charge in [0.15, 0.2) is 5.13 Å². The predicted molar refractivity (Wildman–Crippen MR) is 117 cm³/mol. The number of para-hydroxylation sites is 1. The van der Waals surface area contributed by atoms with Crippen LogP contribution in [-0.2, 0) is 11.2 Å². The zero-order chi connectivity index (χ0) is 20.8. The van der Waals surface area contributed by atoms with Gasteiger partial charge in [-0.25, -0.2) is 4.98 Å². The summed E-state index contributed by atoms with van der Waals surface area (Å²) in [5.41, 5.74) is 3.35. The molecule has 6 nitrogen and oxygen atoms in total. The van der Waals surface area contributed by atoms with Crippen LogP contribution in [0.2, 0.25) is 5.02 Å². The number of aryl methyl sites for hydroxylation is 2. The number of carboxylic acids is 1. The molecule has 2 aromatic carbocycles. The Kier molecular flexibility index (Phi) is 6.85. The van der Waals surface area contributed by atoms with Crippen LogP contribution in [0.25, 0.3) is 0 Å². The number of nitrogens with zero attached hydrogens (tertiary/aromatic N) is 1. The van der Waals surface area contributed by atoms with Gasteiger partial charge in [-0.05, 0) is 49.1 Å². The number of aliphatic carboxylic acids is 1. The fourth-order valence-electron chi connectivity index (χ4n) is 2.77. The quantitative estimate of drug-likeness (QED) is 0.439. The largest absolute Gasteiger partial charge is 0.481 e. The van der Waals surface area contributed by atoms with Gasteiger partial charge < -0.3 is 15.7 Å². The summed E-state index contributed by atoms with van der Waals surface area (Å²) in [5.74, 6) is -1.06. The topological polar surface area (TPSA) is 91.3 Å². The van der Waals surface area contributed by atoms with E-state index in [1.54, 1.807) is 6.07 Å². The maximum atomic E-state index is 12.5. The van der Waals surface area contributed by atoms with Crippen LogP contribution in [0.5, 0.6) is 0 Å². The molecule has 0 saturated carbocycles. The molecule has 0 radical (unpaired) electrons. The van der Waals surface area contributed by atoms with Crippen LogP contribution < -0.4 is 10.6 Å². The van der Waals surface area contributed by atoms with E-state index in [4.69, 9.17) is 16.7 Å². The molecule has 0 saturated heterocycles. The third-order valence-electron chi connectivity index (χ3n) is 4.22. The molecule has 0 unspecified atom stereocenters. The van der Waals surface area contributed by atoms with Gasteiger partial charge in [-0.1, -0.05) is 47.2 Å². The summed E-state index contributed by atoms with van der Waals surface area (Å²) in [6.45, 7) is 1.88. The molecule has 1 heterocycles. The molecule has 0 fully saturated rings. The summed E-state index contributed by atoms with van der Waals surface area (Å²) in [5, 5.41) is 15.9. The Hall–Kier alpha value is -2.90. The van der Waals surface area contributed by atoms with Gasteiger partial charge in [0.1, 0.15) is 4.88 Å². The Morgan fingerprint density at radius 3 is 2.76 bits per heavy atom. The Balaban J connectivity index is 1.64. The Labute approximate surface area is 177 Å². The Morgan fingerprint density at radius 2 is 2.00 bits per heavy atom. The van der Waals surface area contributed by atoms with Crippen LogP contribution in [0.1, 0.15) is 33.6 Å². The standard InChI is InChI=1S/C21H20ClN3O3S/c1-13-5-2-9-16(22)19(13)25-20(28)17-12-23-21(29-17)24-15-8-3-6-14(11-15)7-4-10-18(26)27/h2-3,5-6,8-9,11-12H,4,7,10H2,1H3,(H,23,24)(H,25,28)(H,26,27). The molecule has 29 heavy (non-hydrogen) atoms. The predicted octanol–water partition coefficient (Wildman–Crippen LogP) is 5.51. The van der Waals surface area contributed by atoms with Crippen LogP contribution in [0.15, 0.2) is 48.7 Å². The zero-order valence-electron chi connectivity index (χ0n) is 15.7. The first kappa shape index (κ1) is 20.8. The minimum absolute atomic E-state index is 0.146. The SMILES string of the molecule is Cc1cccc(Cl)c1NC(=O)c1cnc(Nc2cccc(CCCC(=O)O)c2)s1. The number of carbonyl (C=O) groups excluding carboxylic acids is 1. The lowest BCUT2D eigenvalue weighted by atomic mass is 10.1. The second-order valence-corrected chi connectivity index (χ2v) is 7.93. The van der Waals surface area contributed by atoms with Crippen LogP contribution in [0.3, 0.4) is 0 Å². The van der Waals surface area contributed by atoms with Gasteiger partial charge in [0.2, 0.25) is 0 Å². The number of hydrogen-bond acceptors (Lipinski definition) is 5. The highest BCUT2D eigenvalue weighted by molar-refractivity contribution is 7.17. The van der Waals surface area contributed by atoms with Crippen LogP contribution in [0, 0.1) is 6.92 Å². The van der Waals surface area contributed by atoms with E-state index in [1.165, 1.54) is 17.5 Å². The molecule has 150 valence electrons. The number of benzene rings is 2. The van der Waals surface area contributed by atoms with Crippen LogP contribution in [0.4, 0.5) is 16.5 Å². The maximum absolute atomic E-state index is 12.5. The average Bonchev–Trinajstić information content (AvgIpc) is 3.13. The highest BCUT2D eigenvalue weighted by Gasteiger charge is 2.14. The number of nitrogens with one attached hydrogen (secondary N) is 2. The van der Waals surface area contributed by atoms with E-state index in [2.05, 4.69) is 15.6 Å². The molecule has 0 spiro atoms.